The first-order valence-electron chi connectivity index (χ1n) is 13.0. The predicted molar refractivity (Wildman–Crippen MR) is 153 cm³/mol. The van der Waals surface area contributed by atoms with E-state index < -0.39 is 28.5 Å². The fraction of sp³-hybridized carbons (Fsp3) is 0.333. The molecule has 3 aromatic rings. The summed E-state index contributed by atoms with van der Waals surface area (Å²) in [6.07, 6.45) is 0. The van der Waals surface area contributed by atoms with Crippen LogP contribution in [0, 0.1) is 13.8 Å². The number of hydrogen-bond acceptors (Lipinski definition) is 5. The molecule has 39 heavy (non-hydrogen) atoms. The summed E-state index contributed by atoms with van der Waals surface area (Å²) in [7, 11) is -4.13. The average molecular weight is 552 g/mol. The standard InChI is InChI=1S/C30H37N3O5S/c1-6-31-30(35)24(5)32(20-25-12-8-22(3)9-13-25)29(34)21-33(26-14-10-23(4)11-15-26)39(36,37)28-18-16-27(17-19-28)38-7-2/h8-19,24H,6-7,20-21H2,1-5H3,(H,31,35)/t24-/m1/s1. The number of carbonyl (C=O) groups is 2. The molecule has 0 spiro atoms. The van der Waals surface area contributed by atoms with Crippen molar-refractivity contribution < 1.29 is 22.7 Å². The Hall–Kier alpha value is -3.85. The topological polar surface area (TPSA) is 96.0 Å². The van der Waals surface area contributed by atoms with Crippen molar-refractivity contribution in [2.24, 2.45) is 0 Å². The molecule has 0 aromatic heterocycles. The first-order valence-corrected chi connectivity index (χ1v) is 14.5. The largest absolute Gasteiger partial charge is 0.494 e. The highest BCUT2D eigenvalue weighted by molar-refractivity contribution is 7.92. The van der Waals surface area contributed by atoms with Gasteiger partial charge in [-0.3, -0.25) is 13.9 Å². The number of ether oxygens (including phenoxy) is 1. The van der Waals surface area contributed by atoms with E-state index in [9.17, 15) is 18.0 Å². The molecular formula is C30H37N3O5S. The zero-order valence-electron chi connectivity index (χ0n) is 23.2. The Morgan fingerprint density at radius 1 is 0.872 bits per heavy atom. The number of carbonyl (C=O) groups excluding carboxylic acids is 2. The molecule has 0 bridgehead atoms. The lowest BCUT2D eigenvalue weighted by molar-refractivity contribution is -0.139. The lowest BCUT2D eigenvalue weighted by atomic mass is 10.1. The van der Waals surface area contributed by atoms with E-state index in [1.165, 1.54) is 17.0 Å². The highest BCUT2D eigenvalue weighted by atomic mass is 32.2. The molecule has 0 heterocycles. The quantitative estimate of drug-likeness (QED) is 0.359. The molecule has 2 amide bonds. The number of sulfonamides is 1. The molecule has 0 saturated carbocycles. The van der Waals surface area contributed by atoms with Gasteiger partial charge in [-0.15, -0.1) is 0 Å². The highest BCUT2D eigenvalue weighted by Gasteiger charge is 2.32. The van der Waals surface area contributed by atoms with E-state index in [0.29, 0.717) is 24.6 Å². The van der Waals surface area contributed by atoms with E-state index in [-0.39, 0.29) is 17.3 Å². The molecular weight excluding hydrogens is 514 g/mol. The van der Waals surface area contributed by atoms with Gasteiger partial charge in [-0.25, -0.2) is 8.42 Å². The van der Waals surface area contributed by atoms with Gasteiger partial charge in [0.05, 0.1) is 17.2 Å². The predicted octanol–water partition coefficient (Wildman–Crippen LogP) is 4.45. The Morgan fingerprint density at radius 3 is 1.97 bits per heavy atom. The Kier molecular flexibility index (Phi) is 10.1. The van der Waals surface area contributed by atoms with Crippen molar-refractivity contribution in [2.45, 2.75) is 52.1 Å². The number of amides is 2. The third-order valence-corrected chi connectivity index (χ3v) is 8.10. The van der Waals surface area contributed by atoms with Gasteiger partial charge >= 0.3 is 0 Å². The van der Waals surface area contributed by atoms with Crippen LogP contribution in [0.4, 0.5) is 5.69 Å². The minimum atomic E-state index is -4.13. The van der Waals surface area contributed by atoms with E-state index in [2.05, 4.69) is 5.32 Å². The average Bonchev–Trinajstić information content (AvgIpc) is 2.92. The molecule has 0 radical (unpaired) electrons. The van der Waals surface area contributed by atoms with Crippen LogP contribution in [-0.2, 0) is 26.2 Å². The molecule has 0 fully saturated rings. The first kappa shape index (κ1) is 29.7. The number of likely N-dealkylation sites (N-methyl/N-ethyl adjacent to an activating group) is 1. The smallest absolute Gasteiger partial charge is 0.264 e. The summed E-state index contributed by atoms with van der Waals surface area (Å²) >= 11 is 0. The van der Waals surface area contributed by atoms with Crippen molar-refractivity contribution in [1.82, 2.24) is 10.2 Å². The van der Waals surface area contributed by atoms with Crippen molar-refractivity contribution in [1.29, 1.82) is 0 Å². The number of aryl methyl sites for hydroxylation is 2. The second-order valence-electron chi connectivity index (χ2n) is 9.33. The van der Waals surface area contributed by atoms with Crippen LogP contribution in [0.15, 0.2) is 77.7 Å². The molecule has 0 aliphatic heterocycles. The maximum absolute atomic E-state index is 13.9. The maximum atomic E-state index is 13.9. The lowest BCUT2D eigenvalue weighted by Crippen LogP contribution is -2.51. The van der Waals surface area contributed by atoms with E-state index >= 15 is 0 Å². The minimum Gasteiger partial charge on any atom is -0.494 e. The van der Waals surface area contributed by atoms with Gasteiger partial charge in [-0.05, 0) is 76.6 Å². The third-order valence-electron chi connectivity index (χ3n) is 6.32. The fourth-order valence-corrected chi connectivity index (χ4v) is 5.45. The van der Waals surface area contributed by atoms with Crippen molar-refractivity contribution in [3.63, 3.8) is 0 Å². The molecule has 208 valence electrons. The molecule has 1 N–H and O–H groups in total. The molecule has 1 atom stereocenters. The highest BCUT2D eigenvalue weighted by Crippen LogP contribution is 2.26. The number of benzene rings is 3. The van der Waals surface area contributed by atoms with Gasteiger partial charge < -0.3 is 15.0 Å². The molecule has 0 unspecified atom stereocenters. The summed E-state index contributed by atoms with van der Waals surface area (Å²) in [5, 5.41) is 2.76. The van der Waals surface area contributed by atoms with Gasteiger partial charge in [-0.2, -0.15) is 0 Å². The van der Waals surface area contributed by atoms with Crippen LogP contribution in [0.2, 0.25) is 0 Å². The molecule has 0 aliphatic rings. The monoisotopic (exact) mass is 551 g/mol. The molecule has 8 nitrogen and oxygen atoms in total. The second-order valence-corrected chi connectivity index (χ2v) is 11.2. The second kappa shape index (κ2) is 13.3. The Labute approximate surface area is 231 Å². The molecule has 3 aromatic carbocycles. The number of anilines is 1. The van der Waals surface area contributed by atoms with Gasteiger partial charge in [0, 0.05) is 13.1 Å². The van der Waals surface area contributed by atoms with E-state index in [4.69, 9.17) is 4.74 Å². The van der Waals surface area contributed by atoms with Crippen LogP contribution in [-0.4, -0.2) is 50.9 Å². The molecule has 0 saturated heterocycles. The van der Waals surface area contributed by atoms with Crippen molar-refractivity contribution in [3.05, 3.63) is 89.5 Å². The van der Waals surface area contributed by atoms with Gasteiger partial charge in [0.15, 0.2) is 0 Å². The van der Waals surface area contributed by atoms with Crippen LogP contribution in [0.25, 0.3) is 0 Å². The summed E-state index contributed by atoms with van der Waals surface area (Å²) in [4.78, 5) is 28.1. The zero-order chi connectivity index (χ0) is 28.6. The van der Waals surface area contributed by atoms with Crippen LogP contribution in [0.1, 0.15) is 37.5 Å². The lowest BCUT2D eigenvalue weighted by Gasteiger charge is -2.32. The summed E-state index contributed by atoms with van der Waals surface area (Å²) in [5.74, 6) is -0.256. The third kappa shape index (κ3) is 7.60. The Morgan fingerprint density at radius 2 is 1.44 bits per heavy atom. The summed E-state index contributed by atoms with van der Waals surface area (Å²) in [5.41, 5.74) is 3.21. The Bertz CT molecular complexity index is 1360. The number of rotatable bonds is 12. The normalized spacial score (nSPS) is 11.9. The van der Waals surface area contributed by atoms with Gasteiger partial charge in [0.25, 0.3) is 10.0 Å². The number of nitrogens with one attached hydrogen (secondary N) is 1. The number of nitrogens with zero attached hydrogens (tertiary/aromatic N) is 2. The van der Waals surface area contributed by atoms with E-state index in [1.54, 1.807) is 50.2 Å². The maximum Gasteiger partial charge on any atom is 0.264 e. The van der Waals surface area contributed by atoms with Gasteiger partial charge in [0.2, 0.25) is 11.8 Å². The molecule has 0 aliphatic carbocycles. The minimum absolute atomic E-state index is 0.0289. The van der Waals surface area contributed by atoms with Crippen LogP contribution >= 0.6 is 0 Å². The fourth-order valence-electron chi connectivity index (χ4n) is 4.04. The van der Waals surface area contributed by atoms with Crippen LogP contribution in [0.3, 0.4) is 0 Å². The Balaban J connectivity index is 2.00. The number of hydrogen-bond donors (Lipinski definition) is 1. The summed E-state index contributed by atoms with van der Waals surface area (Å²) < 4.78 is 34.3. The van der Waals surface area contributed by atoms with Gasteiger partial charge in [0.1, 0.15) is 18.3 Å². The van der Waals surface area contributed by atoms with Crippen molar-refractivity contribution >= 4 is 27.5 Å². The van der Waals surface area contributed by atoms with Crippen LogP contribution in [0.5, 0.6) is 5.75 Å². The van der Waals surface area contributed by atoms with E-state index in [0.717, 1.165) is 21.0 Å². The first-order chi connectivity index (χ1) is 18.6. The van der Waals surface area contributed by atoms with Crippen molar-refractivity contribution in [3.8, 4) is 5.75 Å². The van der Waals surface area contributed by atoms with Gasteiger partial charge in [-0.1, -0.05) is 47.5 Å². The zero-order valence-corrected chi connectivity index (χ0v) is 24.0. The summed E-state index contributed by atoms with van der Waals surface area (Å²) in [6, 6.07) is 19.9. The SMILES string of the molecule is CCNC(=O)[C@@H](C)N(Cc1ccc(C)cc1)C(=O)CN(c1ccc(C)cc1)S(=O)(=O)c1ccc(OCC)cc1. The van der Waals surface area contributed by atoms with Crippen molar-refractivity contribution in [2.75, 3.05) is 24.0 Å². The van der Waals surface area contributed by atoms with Crippen LogP contribution < -0.4 is 14.4 Å². The summed E-state index contributed by atoms with van der Waals surface area (Å²) in [6.45, 7) is 9.71. The van der Waals surface area contributed by atoms with E-state index in [1.807, 2.05) is 45.0 Å². The molecule has 3 rings (SSSR count). The molecule has 9 heteroatoms.